The van der Waals surface area contributed by atoms with Crippen LogP contribution in [0, 0.1) is 0 Å². The Morgan fingerprint density at radius 3 is 2.32 bits per heavy atom. The summed E-state index contributed by atoms with van der Waals surface area (Å²) < 4.78 is 7.56. The van der Waals surface area contributed by atoms with E-state index < -0.39 is 34.3 Å². The van der Waals surface area contributed by atoms with Crippen LogP contribution in [0.25, 0.3) is 0 Å². The molecule has 2 aromatic heterocycles. The average Bonchev–Trinajstić information content (AvgIpc) is 2.73. The second-order valence-electron chi connectivity index (χ2n) is 6.85. The van der Waals surface area contributed by atoms with E-state index in [1.165, 1.54) is 12.2 Å². The van der Waals surface area contributed by atoms with Crippen LogP contribution >= 0.6 is 0 Å². The van der Waals surface area contributed by atoms with Crippen molar-refractivity contribution in [2.24, 2.45) is 0 Å². The van der Waals surface area contributed by atoms with Crippen molar-refractivity contribution in [1.82, 2.24) is 19.1 Å². The van der Waals surface area contributed by atoms with E-state index in [-0.39, 0.29) is 35.8 Å². The summed E-state index contributed by atoms with van der Waals surface area (Å²) in [6, 6.07) is 6.59. The van der Waals surface area contributed by atoms with Gasteiger partial charge in [0, 0.05) is 18.7 Å². The van der Waals surface area contributed by atoms with Crippen LogP contribution in [0.4, 0.5) is 0 Å². The van der Waals surface area contributed by atoms with Gasteiger partial charge in [-0.15, -0.1) is 13.2 Å². The predicted octanol–water partition coefficient (Wildman–Crippen LogP) is 0.750. The zero-order chi connectivity index (χ0) is 22.3. The fourth-order valence-corrected chi connectivity index (χ4v) is 3.71. The molecule has 10 nitrogen and oxygen atoms in total. The lowest BCUT2D eigenvalue weighted by atomic mass is 9.85. The first-order valence-electron chi connectivity index (χ1n) is 9.30. The number of aromatic nitrogens is 4. The van der Waals surface area contributed by atoms with Crippen molar-refractivity contribution in [3.05, 3.63) is 108 Å². The fourth-order valence-electron chi connectivity index (χ4n) is 3.71. The Labute approximate surface area is 174 Å². The van der Waals surface area contributed by atoms with Crippen molar-refractivity contribution < 1.29 is 9.84 Å². The smallest absolute Gasteiger partial charge is 0.331 e. The quantitative estimate of drug-likeness (QED) is 0.406. The van der Waals surface area contributed by atoms with Crippen molar-refractivity contribution in [2.75, 3.05) is 0 Å². The molecule has 4 rings (SSSR count). The number of aromatic amines is 2. The Balaban J connectivity index is 2.14. The van der Waals surface area contributed by atoms with Gasteiger partial charge in [-0.1, -0.05) is 30.4 Å². The summed E-state index contributed by atoms with van der Waals surface area (Å²) >= 11 is 0. The maximum atomic E-state index is 13.3. The van der Waals surface area contributed by atoms with E-state index in [4.69, 9.17) is 4.74 Å². The monoisotopic (exact) mass is 422 g/mol. The third kappa shape index (κ3) is 3.05. The first-order chi connectivity index (χ1) is 14.9. The van der Waals surface area contributed by atoms with Gasteiger partial charge in [0.15, 0.2) is 0 Å². The Kier molecular flexibility index (Phi) is 4.82. The molecule has 1 aromatic carbocycles. The molecule has 0 saturated carbocycles. The first-order valence-corrected chi connectivity index (χ1v) is 9.30. The minimum atomic E-state index is -1.11. The number of fused-ring (bicyclic) bond motifs is 2. The standard InChI is InChI=1S/C21H18N4O6/c1-3-9-24-18(27)14(16(26)22-20(24)29)13-11-7-5-6-8-12(11)31-17-15(13)19(28)25(10-4-2)21(30)23-17/h3-8,13,27H,1-2,9-10H2,(H,23,30)(H,22,26,29)/t13-/m0/s1. The SMILES string of the molecule is C=CCn1c(O)c([C@@H]2c3ccccc3Oc3[nH]c(=O)n(CC=C)c(=O)c32)c(=O)[nH]c1=O. The number of hydrogen-bond donors (Lipinski definition) is 3. The zero-order valence-electron chi connectivity index (χ0n) is 16.3. The number of nitrogens with zero attached hydrogens (tertiary/aromatic N) is 2. The Bertz CT molecular complexity index is 1450. The summed E-state index contributed by atoms with van der Waals surface area (Å²) in [7, 11) is 0. The van der Waals surface area contributed by atoms with E-state index in [2.05, 4.69) is 23.1 Å². The van der Waals surface area contributed by atoms with Gasteiger partial charge >= 0.3 is 11.4 Å². The molecule has 158 valence electrons. The van der Waals surface area contributed by atoms with E-state index in [0.717, 1.165) is 9.13 Å². The Morgan fingerprint density at radius 1 is 0.968 bits per heavy atom. The van der Waals surface area contributed by atoms with Crippen LogP contribution in [0.1, 0.15) is 22.6 Å². The lowest BCUT2D eigenvalue weighted by Crippen LogP contribution is -2.41. The topological polar surface area (TPSA) is 139 Å². The summed E-state index contributed by atoms with van der Waals surface area (Å²) in [6.45, 7) is 6.95. The normalized spacial score (nSPS) is 14.3. The summed E-state index contributed by atoms with van der Waals surface area (Å²) in [6.07, 6.45) is 2.76. The van der Waals surface area contributed by atoms with Crippen LogP contribution in [0.5, 0.6) is 17.5 Å². The molecule has 10 heteroatoms. The molecule has 0 saturated heterocycles. The predicted molar refractivity (Wildman–Crippen MR) is 112 cm³/mol. The number of allylic oxidation sites excluding steroid dienone is 2. The van der Waals surface area contributed by atoms with Gasteiger partial charge < -0.3 is 9.84 Å². The number of H-pyrrole nitrogens is 2. The zero-order valence-corrected chi connectivity index (χ0v) is 16.3. The number of aromatic hydroxyl groups is 1. The van der Waals surface area contributed by atoms with Crippen molar-refractivity contribution in [3.8, 4) is 17.5 Å². The second kappa shape index (κ2) is 7.48. The molecule has 0 bridgehead atoms. The van der Waals surface area contributed by atoms with Crippen LogP contribution in [-0.2, 0) is 13.1 Å². The largest absolute Gasteiger partial charge is 0.494 e. The summed E-state index contributed by atoms with van der Waals surface area (Å²) in [5.41, 5.74) is -2.98. The minimum absolute atomic E-state index is 0.0512. The number of benzene rings is 1. The van der Waals surface area contributed by atoms with E-state index in [0.29, 0.717) is 5.56 Å². The fraction of sp³-hybridized carbons (Fsp3) is 0.143. The molecule has 31 heavy (non-hydrogen) atoms. The van der Waals surface area contributed by atoms with Crippen molar-refractivity contribution >= 4 is 0 Å². The van der Waals surface area contributed by atoms with Gasteiger partial charge in [-0.05, 0) is 6.07 Å². The van der Waals surface area contributed by atoms with E-state index in [1.54, 1.807) is 24.3 Å². The highest BCUT2D eigenvalue weighted by Crippen LogP contribution is 2.45. The molecule has 3 heterocycles. The van der Waals surface area contributed by atoms with Gasteiger partial charge in [0.1, 0.15) is 5.75 Å². The molecule has 3 N–H and O–H groups in total. The molecule has 1 aliphatic heterocycles. The van der Waals surface area contributed by atoms with Gasteiger partial charge in [0.25, 0.3) is 11.1 Å². The third-order valence-corrected chi connectivity index (χ3v) is 5.04. The summed E-state index contributed by atoms with van der Waals surface area (Å²) in [5.74, 6) is -1.57. The van der Waals surface area contributed by atoms with Crippen molar-refractivity contribution in [1.29, 1.82) is 0 Å². The number of ether oxygens (including phenoxy) is 1. The lowest BCUT2D eigenvalue weighted by Gasteiger charge is -2.28. The highest BCUT2D eigenvalue weighted by atomic mass is 16.5. The van der Waals surface area contributed by atoms with Gasteiger partial charge in [-0.3, -0.25) is 28.7 Å². The lowest BCUT2D eigenvalue weighted by molar-refractivity contribution is 0.392. The van der Waals surface area contributed by atoms with Crippen LogP contribution < -0.4 is 27.2 Å². The molecule has 0 amide bonds. The Hall–Kier alpha value is -4.34. The maximum absolute atomic E-state index is 13.3. The second-order valence-corrected chi connectivity index (χ2v) is 6.85. The molecular formula is C21H18N4O6. The van der Waals surface area contributed by atoms with Crippen molar-refractivity contribution in [3.63, 3.8) is 0 Å². The number of para-hydroxylation sites is 1. The van der Waals surface area contributed by atoms with E-state index in [1.807, 2.05) is 0 Å². The summed E-state index contributed by atoms with van der Waals surface area (Å²) in [4.78, 5) is 55.3. The van der Waals surface area contributed by atoms with Crippen LogP contribution in [0.15, 0.2) is 68.8 Å². The average molecular weight is 422 g/mol. The van der Waals surface area contributed by atoms with Crippen molar-refractivity contribution in [2.45, 2.75) is 19.0 Å². The third-order valence-electron chi connectivity index (χ3n) is 5.04. The Morgan fingerprint density at radius 2 is 1.61 bits per heavy atom. The van der Waals surface area contributed by atoms with Gasteiger partial charge in [-0.2, -0.15) is 0 Å². The van der Waals surface area contributed by atoms with Crippen LogP contribution in [0.3, 0.4) is 0 Å². The number of hydrogen-bond acceptors (Lipinski definition) is 6. The number of nitrogens with one attached hydrogen (secondary N) is 2. The van der Waals surface area contributed by atoms with Gasteiger partial charge in [0.2, 0.25) is 11.8 Å². The number of rotatable bonds is 5. The molecular weight excluding hydrogens is 404 g/mol. The molecule has 0 spiro atoms. The first kappa shape index (κ1) is 20.0. The van der Waals surface area contributed by atoms with E-state index >= 15 is 0 Å². The maximum Gasteiger partial charge on any atom is 0.331 e. The van der Waals surface area contributed by atoms with Gasteiger partial charge in [0.05, 0.1) is 17.0 Å². The molecule has 1 atom stereocenters. The highest BCUT2D eigenvalue weighted by molar-refractivity contribution is 5.56. The molecule has 3 aromatic rings. The molecule has 0 aliphatic carbocycles. The van der Waals surface area contributed by atoms with E-state index in [9.17, 15) is 24.3 Å². The molecule has 0 unspecified atom stereocenters. The molecule has 0 radical (unpaired) electrons. The molecule has 0 fully saturated rings. The molecule has 1 aliphatic rings. The van der Waals surface area contributed by atoms with Crippen LogP contribution in [-0.4, -0.2) is 24.2 Å². The van der Waals surface area contributed by atoms with Crippen LogP contribution in [0.2, 0.25) is 0 Å². The summed E-state index contributed by atoms with van der Waals surface area (Å²) in [5, 5.41) is 10.9. The minimum Gasteiger partial charge on any atom is -0.494 e. The highest BCUT2D eigenvalue weighted by Gasteiger charge is 2.37. The van der Waals surface area contributed by atoms with Gasteiger partial charge in [-0.25, -0.2) is 9.59 Å².